The van der Waals surface area contributed by atoms with Crippen LogP contribution in [0.1, 0.15) is 34.9 Å². The topological polar surface area (TPSA) is 102 Å². The summed E-state index contributed by atoms with van der Waals surface area (Å²) in [6, 6.07) is 5.08. The number of rotatable bonds is 3. The lowest BCUT2D eigenvalue weighted by atomic mass is 10.2. The molecule has 1 saturated carbocycles. The molecule has 4 N–H and O–H groups in total. The molecule has 0 unspecified atom stereocenters. The van der Waals surface area contributed by atoms with Crippen LogP contribution in [0.15, 0.2) is 18.2 Å². The molecule has 1 amide bonds. The molecule has 0 atom stereocenters. The highest BCUT2D eigenvalue weighted by Gasteiger charge is 2.26. The quantitative estimate of drug-likeness (QED) is 0.752. The predicted octanol–water partition coefficient (Wildman–Crippen LogP) is 2.27. The van der Waals surface area contributed by atoms with Gasteiger partial charge in [0.05, 0.1) is 11.4 Å². The highest BCUT2D eigenvalue weighted by Crippen LogP contribution is 2.40. The molecule has 4 rings (SSSR count). The van der Waals surface area contributed by atoms with Gasteiger partial charge in [0.15, 0.2) is 17.2 Å². The number of nitrogen functional groups attached to an aromatic ring is 1. The first kappa shape index (κ1) is 14.5. The minimum atomic E-state index is -0.302. The summed E-state index contributed by atoms with van der Waals surface area (Å²) in [5.74, 6) is 1.37. The SMILES string of the molecule is Cl.Nc1cc2c(cc1NC(=O)c1cc(C3CC3)[nH]n1)OCO2. The highest BCUT2D eigenvalue weighted by atomic mass is 35.5. The zero-order valence-electron chi connectivity index (χ0n) is 11.6. The molecule has 2 aromatic rings. The molecule has 116 valence electrons. The molecule has 8 heteroatoms. The molecule has 0 radical (unpaired) electrons. The molecule has 1 aliphatic heterocycles. The number of hydrogen-bond donors (Lipinski definition) is 3. The average Bonchev–Trinajstić information content (AvgIpc) is 3.02. The molecular weight excluding hydrogens is 308 g/mol. The van der Waals surface area contributed by atoms with Gasteiger partial charge in [-0.2, -0.15) is 5.10 Å². The van der Waals surface area contributed by atoms with Gasteiger partial charge in [-0.25, -0.2) is 0 Å². The third kappa shape index (κ3) is 2.55. The molecule has 1 aliphatic carbocycles. The molecule has 1 aromatic heterocycles. The number of carbonyl (C=O) groups excluding carboxylic acids is 1. The number of halogens is 1. The maximum atomic E-state index is 12.2. The Labute approximate surface area is 132 Å². The summed E-state index contributed by atoms with van der Waals surface area (Å²) >= 11 is 0. The van der Waals surface area contributed by atoms with Crippen molar-refractivity contribution < 1.29 is 14.3 Å². The molecular formula is C14H15ClN4O3. The van der Waals surface area contributed by atoms with Crippen LogP contribution in [0.25, 0.3) is 0 Å². The van der Waals surface area contributed by atoms with Crippen LogP contribution >= 0.6 is 12.4 Å². The lowest BCUT2D eigenvalue weighted by Crippen LogP contribution is -2.13. The number of benzene rings is 1. The Kier molecular flexibility index (Phi) is 3.58. The molecule has 1 fully saturated rings. The van der Waals surface area contributed by atoms with Crippen molar-refractivity contribution in [3.8, 4) is 11.5 Å². The van der Waals surface area contributed by atoms with Crippen molar-refractivity contribution in [3.05, 3.63) is 29.6 Å². The van der Waals surface area contributed by atoms with Crippen molar-refractivity contribution in [2.24, 2.45) is 0 Å². The fourth-order valence-electron chi connectivity index (χ4n) is 2.31. The van der Waals surface area contributed by atoms with Gasteiger partial charge in [0.2, 0.25) is 6.79 Å². The van der Waals surface area contributed by atoms with Crippen molar-refractivity contribution in [1.29, 1.82) is 0 Å². The van der Waals surface area contributed by atoms with E-state index < -0.39 is 0 Å². The van der Waals surface area contributed by atoms with Gasteiger partial charge in [-0.05, 0) is 18.9 Å². The Balaban J connectivity index is 0.00000144. The maximum Gasteiger partial charge on any atom is 0.276 e. The third-order valence-corrected chi connectivity index (χ3v) is 3.64. The number of amides is 1. The number of ether oxygens (including phenoxy) is 2. The molecule has 7 nitrogen and oxygen atoms in total. The Morgan fingerprint density at radius 3 is 2.73 bits per heavy atom. The number of carbonyl (C=O) groups is 1. The molecule has 0 bridgehead atoms. The number of aromatic amines is 1. The van der Waals surface area contributed by atoms with E-state index >= 15 is 0 Å². The van der Waals surface area contributed by atoms with E-state index in [1.807, 2.05) is 0 Å². The van der Waals surface area contributed by atoms with Gasteiger partial charge in [-0.1, -0.05) is 0 Å². The van der Waals surface area contributed by atoms with E-state index in [4.69, 9.17) is 15.2 Å². The number of fused-ring (bicyclic) bond motifs is 1. The number of nitrogens with two attached hydrogens (primary N) is 1. The number of H-pyrrole nitrogens is 1. The number of aromatic nitrogens is 2. The first-order chi connectivity index (χ1) is 10.2. The van der Waals surface area contributed by atoms with E-state index in [1.54, 1.807) is 18.2 Å². The summed E-state index contributed by atoms with van der Waals surface area (Å²) in [5, 5.41) is 9.69. The first-order valence-corrected chi connectivity index (χ1v) is 6.76. The Morgan fingerprint density at radius 1 is 1.27 bits per heavy atom. The van der Waals surface area contributed by atoms with Crippen LogP contribution in [-0.4, -0.2) is 22.9 Å². The molecule has 2 aliphatic rings. The second kappa shape index (κ2) is 5.42. The molecule has 0 saturated heterocycles. The van der Waals surface area contributed by atoms with E-state index in [0.717, 1.165) is 18.5 Å². The van der Waals surface area contributed by atoms with Gasteiger partial charge in [-0.15, -0.1) is 12.4 Å². The van der Waals surface area contributed by atoms with Crippen molar-refractivity contribution in [2.75, 3.05) is 17.8 Å². The largest absolute Gasteiger partial charge is 0.454 e. The number of nitrogens with zero attached hydrogens (tertiary/aromatic N) is 1. The van der Waals surface area contributed by atoms with Gasteiger partial charge in [-0.3, -0.25) is 9.89 Å². The lowest BCUT2D eigenvalue weighted by Gasteiger charge is -2.08. The second-order valence-corrected chi connectivity index (χ2v) is 5.23. The van der Waals surface area contributed by atoms with Crippen LogP contribution in [0.4, 0.5) is 11.4 Å². The normalized spacial score (nSPS) is 15.3. The summed E-state index contributed by atoms with van der Waals surface area (Å²) in [4.78, 5) is 12.2. The number of hydrogen-bond acceptors (Lipinski definition) is 5. The lowest BCUT2D eigenvalue weighted by molar-refractivity contribution is 0.102. The van der Waals surface area contributed by atoms with E-state index in [1.165, 1.54) is 0 Å². The maximum absolute atomic E-state index is 12.2. The predicted molar refractivity (Wildman–Crippen MR) is 82.7 cm³/mol. The Morgan fingerprint density at radius 2 is 2.00 bits per heavy atom. The average molecular weight is 323 g/mol. The smallest absolute Gasteiger partial charge is 0.276 e. The van der Waals surface area contributed by atoms with Crippen LogP contribution in [0.2, 0.25) is 0 Å². The first-order valence-electron chi connectivity index (χ1n) is 6.76. The second-order valence-electron chi connectivity index (χ2n) is 5.23. The van der Waals surface area contributed by atoms with Gasteiger partial charge in [0.25, 0.3) is 5.91 Å². The van der Waals surface area contributed by atoms with Crippen molar-refractivity contribution >= 4 is 29.7 Å². The Hall–Kier alpha value is -2.41. The Bertz CT molecular complexity index is 727. The summed E-state index contributed by atoms with van der Waals surface area (Å²) in [6.45, 7) is 0.163. The van der Waals surface area contributed by atoms with E-state index in [0.29, 0.717) is 34.5 Å². The van der Waals surface area contributed by atoms with Crippen LogP contribution in [0, 0.1) is 0 Å². The van der Waals surface area contributed by atoms with Crippen molar-refractivity contribution in [1.82, 2.24) is 10.2 Å². The van der Waals surface area contributed by atoms with Gasteiger partial charge >= 0.3 is 0 Å². The minimum Gasteiger partial charge on any atom is -0.454 e. The van der Waals surface area contributed by atoms with E-state index in [-0.39, 0.29) is 25.1 Å². The van der Waals surface area contributed by atoms with E-state index in [9.17, 15) is 4.79 Å². The highest BCUT2D eigenvalue weighted by molar-refractivity contribution is 6.04. The fraction of sp³-hybridized carbons (Fsp3) is 0.286. The zero-order chi connectivity index (χ0) is 14.4. The molecule has 22 heavy (non-hydrogen) atoms. The van der Waals surface area contributed by atoms with Gasteiger partial charge in [0.1, 0.15) is 0 Å². The number of nitrogens with one attached hydrogen (secondary N) is 2. The van der Waals surface area contributed by atoms with Crippen LogP contribution in [0.5, 0.6) is 11.5 Å². The summed E-state index contributed by atoms with van der Waals surface area (Å²) in [6.07, 6.45) is 2.30. The fourth-order valence-corrected chi connectivity index (χ4v) is 2.31. The van der Waals surface area contributed by atoms with Gasteiger partial charge < -0.3 is 20.5 Å². The zero-order valence-corrected chi connectivity index (χ0v) is 12.4. The standard InChI is InChI=1S/C14H14N4O3.ClH/c15-8-3-12-13(21-6-20-12)5-10(8)16-14(19)11-4-9(17-18-11)7-1-2-7;/h3-5,7H,1-2,6,15H2,(H,16,19)(H,17,18);1H. The molecule has 2 heterocycles. The third-order valence-electron chi connectivity index (χ3n) is 3.64. The van der Waals surface area contributed by atoms with Gasteiger partial charge in [0, 0.05) is 23.7 Å². The minimum absolute atomic E-state index is 0. The number of anilines is 2. The monoisotopic (exact) mass is 322 g/mol. The summed E-state index contributed by atoms with van der Waals surface area (Å²) in [5.41, 5.74) is 8.18. The summed E-state index contributed by atoms with van der Waals surface area (Å²) < 4.78 is 10.5. The van der Waals surface area contributed by atoms with Crippen molar-refractivity contribution in [3.63, 3.8) is 0 Å². The van der Waals surface area contributed by atoms with E-state index in [2.05, 4.69) is 15.5 Å². The van der Waals surface area contributed by atoms with Crippen LogP contribution in [-0.2, 0) is 0 Å². The molecule has 1 aromatic carbocycles. The van der Waals surface area contributed by atoms with Crippen LogP contribution < -0.4 is 20.5 Å². The van der Waals surface area contributed by atoms with Crippen molar-refractivity contribution in [2.45, 2.75) is 18.8 Å². The van der Waals surface area contributed by atoms with Crippen LogP contribution in [0.3, 0.4) is 0 Å². The molecule has 0 spiro atoms. The summed E-state index contributed by atoms with van der Waals surface area (Å²) in [7, 11) is 0.